The van der Waals surface area contributed by atoms with Crippen LogP contribution in [0.2, 0.25) is 0 Å². The Morgan fingerprint density at radius 3 is 2.52 bits per heavy atom. The van der Waals surface area contributed by atoms with E-state index in [2.05, 4.69) is 13.8 Å². The van der Waals surface area contributed by atoms with Crippen LogP contribution in [0.3, 0.4) is 0 Å². The fraction of sp³-hybridized carbons (Fsp3) is 0.941. The molecule has 2 fully saturated rings. The average Bonchev–Trinajstić information content (AvgIpc) is 2.60. The first-order valence-corrected chi connectivity index (χ1v) is 8.51. The van der Waals surface area contributed by atoms with Crippen LogP contribution in [0.1, 0.15) is 20.3 Å². The van der Waals surface area contributed by atoms with Crippen LogP contribution in [0.5, 0.6) is 0 Å². The lowest BCUT2D eigenvalue weighted by molar-refractivity contribution is -0.343. The molecule has 8 nitrogen and oxygen atoms in total. The van der Waals surface area contributed by atoms with E-state index in [1.807, 2.05) is 0 Å². The molecule has 0 spiro atoms. The largest absolute Gasteiger partial charge is 0.382 e. The lowest BCUT2D eigenvalue weighted by atomic mass is 9.72. The van der Waals surface area contributed by atoms with Crippen molar-refractivity contribution in [1.29, 1.82) is 0 Å². The molecule has 8 heteroatoms. The first-order chi connectivity index (χ1) is 11.9. The number of hydrogen-bond donors (Lipinski definition) is 0. The highest BCUT2D eigenvalue weighted by Crippen LogP contribution is 2.44. The molecular formula is C17H31NO7. The zero-order valence-corrected chi connectivity index (χ0v) is 16.0. The molecule has 2 rings (SSSR count). The van der Waals surface area contributed by atoms with Gasteiger partial charge in [-0.2, -0.15) is 0 Å². The highest BCUT2D eigenvalue weighted by molar-refractivity contribution is 5.47. The topological polar surface area (TPSA) is 75.7 Å². The van der Waals surface area contributed by atoms with E-state index in [1.165, 1.54) is 4.90 Å². The van der Waals surface area contributed by atoms with Crippen molar-refractivity contribution in [2.45, 2.75) is 57.0 Å². The van der Waals surface area contributed by atoms with Crippen LogP contribution in [0.4, 0.5) is 0 Å². The Morgan fingerprint density at radius 2 is 1.96 bits per heavy atom. The number of fused-ring (bicyclic) bond motifs is 1. The van der Waals surface area contributed by atoms with E-state index in [4.69, 9.17) is 28.4 Å². The number of amides is 1. The Bertz CT molecular complexity index is 433. The number of methoxy groups -OCH3 is 3. The van der Waals surface area contributed by atoms with Crippen molar-refractivity contribution in [2.75, 3.05) is 41.8 Å². The third-order valence-corrected chi connectivity index (χ3v) is 5.27. The van der Waals surface area contributed by atoms with Crippen LogP contribution in [0.15, 0.2) is 0 Å². The summed E-state index contributed by atoms with van der Waals surface area (Å²) in [7, 11) is 6.64. The number of likely N-dealkylation sites (N-methyl/N-ethyl adjacent to an activating group) is 1. The normalized spacial score (nSPS) is 35.7. The zero-order chi connectivity index (χ0) is 18.6. The third-order valence-electron chi connectivity index (χ3n) is 5.27. The molecule has 0 saturated carbocycles. The SMILES string of the molecule is COC[C@@H](C[C@H]1O[C@H]2[C@H](OCO[C@@H]2N(C)C=O)[C@@H](OC)C1(C)C)OC. The van der Waals surface area contributed by atoms with Gasteiger partial charge in [0.1, 0.15) is 19.0 Å². The van der Waals surface area contributed by atoms with Crippen molar-refractivity contribution in [3.8, 4) is 0 Å². The second kappa shape index (κ2) is 8.75. The van der Waals surface area contributed by atoms with Gasteiger partial charge in [0.05, 0.1) is 24.9 Å². The number of carbonyl (C=O) groups is 1. The smallest absolute Gasteiger partial charge is 0.211 e. The number of nitrogens with zero attached hydrogens (tertiary/aromatic N) is 1. The maximum absolute atomic E-state index is 11.2. The van der Waals surface area contributed by atoms with Crippen molar-refractivity contribution in [3.63, 3.8) is 0 Å². The van der Waals surface area contributed by atoms with Crippen LogP contribution >= 0.6 is 0 Å². The molecule has 2 heterocycles. The summed E-state index contributed by atoms with van der Waals surface area (Å²) in [6, 6.07) is 0. The van der Waals surface area contributed by atoms with Crippen molar-refractivity contribution < 1.29 is 33.2 Å². The van der Waals surface area contributed by atoms with Crippen molar-refractivity contribution in [1.82, 2.24) is 4.90 Å². The second-order valence-corrected chi connectivity index (χ2v) is 7.19. The molecule has 0 aliphatic carbocycles. The molecule has 6 atom stereocenters. The monoisotopic (exact) mass is 361 g/mol. The Kier molecular flexibility index (Phi) is 7.19. The quantitative estimate of drug-likeness (QED) is 0.587. The molecule has 2 aliphatic rings. The van der Waals surface area contributed by atoms with Crippen LogP contribution in [0.25, 0.3) is 0 Å². The molecule has 25 heavy (non-hydrogen) atoms. The molecule has 2 saturated heterocycles. The van der Waals surface area contributed by atoms with E-state index in [9.17, 15) is 4.79 Å². The molecule has 1 amide bonds. The van der Waals surface area contributed by atoms with Crippen LogP contribution in [-0.2, 0) is 33.2 Å². The summed E-state index contributed by atoms with van der Waals surface area (Å²) in [5, 5.41) is 0. The lowest BCUT2D eigenvalue weighted by Crippen LogP contribution is -2.68. The zero-order valence-electron chi connectivity index (χ0n) is 16.0. The summed E-state index contributed by atoms with van der Waals surface area (Å²) >= 11 is 0. The maximum Gasteiger partial charge on any atom is 0.211 e. The van der Waals surface area contributed by atoms with Gasteiger partial charge in [-0.05, 0) is 0 Å². The molecule has 146 valence electrons. The highest BCUT2D eigenvalue weighted by Gasteiger charge is 2.56. The maximum atomic E-state index is 11.2. The van der Waals surface area contributed by atoms with Crippen LogP contribution < -0.4 is 0 Å². The molecule has 2 aliphatic heterocycles. The van der Waals surface area contributed by atoms with Gasteiger partial charge in [-0.3, -0.25) is 4.79 Å². The number of hydrogen-bond acceptors (Lipinski definition) is 7. The Hall–Kier alpha value is -0.770. The summed E-state index contributed by atoms with van der Waals surface area (Å²) in [6.45, 7) is 4.76. The number of carbonyl (C=O) groups excluding carboxylic acids is 1. The van der Waals surface area contributed by atoms with E-state index in [-0.39, 0.29) is 36.6 Å². The van der Waals surface area contributed by atoms with Crippen LogP contribution in [0, 0.1) is 5.41 Å². The minimum atomic E-state index is -0.518. The predicted molar refractivity (Wildman–Crippen MR) is 89.0 cm³/mol. The van der Waals surface area contributed by atoms with Gasteiger partial charge in [0, 0.05) is 40.2 Å². The Morgan fingerprint density at radius 1 is 1.24 bits per heavy atom. The molecule has 0 aromatic carbocycles. The Balaban J connectivity index is 2.26. The number of rotatable bonds is 8. The minimum Gasteiger partial charge on any atom is -0.382 e. The summed E-state index contributed by atoms with van der Waals surface area (Å²) in [4.78, 5) is 12.7. The van der Waals surface area contributed by atoms with Crippen LogP contribution in [-0.4, -0.2) is 89.8 Å². The first-order valence-electron chi connectivity index (χ1n) is 8.51. The third kappa shape index (κ3) is 4.15. The van der Waals surface area contributed by atoms with Gasteiger partial charge in [0.15, 0.2) is 6.23 Å². The summed E-state index contributed by atoms with van der Waals surface area (Å²) in [5.74, 6) is 0. The minimum absolute atomic E-state index is 0.0956. The van der Waals surface area contributed by atoms with Gasteiger partial charge >= 0.3 is 0 Å². The fourth-order valence-corrected chi connectivity index (χ4v) is 3.78. The van der Waals surface area contributed by atoms with Gasteiger partial charge in [-0.15, -0.1) is 0 Å². The van der Waals surface area contributed by atoms with Crippen molar-refractivity contribution >= 4 is 6.41 Å². The molecule has 0 radical (unpaired) electrons. The lowest BCUT2D eigenvalue weighted by Gasteiger charge is -2.55. The molecule has 0 aromatic heterocycles. The first kappa shape index (κ1) is 20.5. The molecule has 0 bridgehead atoms. The standard InChI is InChI=1S/C17H31NO7/c1-17(2)12(7-11(21-5)8-20-4)25-14-13(15(17)22-6)23-10-24-16(14)18(3)9-19/h9,11-16H,7-8,10H2,1-6H3/t11-,12-,13+,14+,15-,16+/m1/s1. The predicted octanol–water partition coefficient (Wildman–Crippen LogP) is 0.634. The molecular weight excluding hydrogens is 330 g/mol. The molecule has 0 unspecified atom stereocenters. The molecule has 0 aromatic rings. The van der Waals surface area contributed by atoms with E-state index in [1.54, 1.807) is 28.4 Å². The van der Waals surface area contributed by atoms with E-state index >= 15 is 0 Å². The summed E-state index contributed by atoms with van der Waals surface area (Å²) < 4.78 is 34.4. The summed E-state index contributed by atoms with van der Waals surface area (Å²) in [6.07, 6.45) is -0.387. The molecule has 0 N–H and O–H groups in total. The van der Waals surface area contributed by atoms with E-state index in [0.29, 0.717) is 13.0 Å². The van der Waals surface area contributed by atoms with Crippen molar-refractivity contribution in [2.24, 2.45) is 5.41 Å². The Labute approximate surface area is 149 Å². The van der Waals surface area contributed by atoms with Gasteiger partial charge in [0.2, 0.25) is 6.41 Å². The summed E-state index contributed by atoms with van der Waals surface area (Å²) in [5.41, 5.74) is -0.317. The second-order valence-electron chi connectivity index (χ2n) is 7.19. The van der Waals surface area contributed by atoms with Gasteiger partial charge in [-0.1, -0.05) is 13.8 Å². The van der Waals surface area contributed by atoms with E-state index < -0.39 is 12.3 Å². The fourth-order valence-electron chi connectivity index (χ4n) is 3.78. The average molecular weight is 361 g/mol. The van der Waals surface area contributed by atoms with Gasteiger partial charge < -0.3 is 33.3 Å². The van der Waals surface area contributed by atoms with E-state index in [0.717, 1.165) is 6.41 Å². The number of ether oxygens (including phenoxy) is 6. The van der Waals surface area contributed by atoms with Crippen molar-refractivity contribution in [3.05, 3.63) is 0 Å². The highest BCUT2D eigenvalue weighted by atomic mass is 16.7. The van der Waals surface area contributed by atoms with Gasteiger partial charge in [-0.25, -0.2) is 0 Å². The van der Waals surface area contributed by atoms with Gasteiger partial charge in [0.25, 0.3) is 0 Å².